The van der Waals surface area contributed by atoms with E-state index >= 15 is 0 Å². The van der Waals surface area contributed by atoms with Crippen LogP contribution in [0.2, 0.25) is 0 Å². The summed E-state index contributed by atoms with van der Waals surface area (Å²) >= 11 is 0. The molecular weight excluding hydrogens is 176 g/mol. The minimum absolute atomic E-state index is 0.120. The number of halogens is 2. The van der Waals surface area contributed by atoms with Gasteiger partial charge in [0.05, 0.1) is 12.6 Å². The number of likely N-dealkylation sites (N-methyl/N-ethyl adjacent to an activating group) is 1. The van der Waals surface area contributed by atoms with Crippen LogP contribution in [0, 0.1) is 0 Å². The highest BCUT2D eigenvalue weighted by Crippen LogP contribution is 2.19. The number of carbonyl (C=O) groups excluding carboxylic acids is 1. The molecule has 0 aromatic carbocycles. The summed E-state index contributed by atoms with van der Waals surface area (Å²) in [5.74, 6) is 0.120. The monoisotopic (exact) mass is 191 g/mol. The molecule has 1 fully saturated rings. The Bertz CT molecular complexity index is 184. The molecule has 1 saturated carbocycles. The zero-order valence-electron chi connectivity index (χ0n) is 7.80. The van der Waals surface area contributed by atoms with Gasteiger partial charge in [-0.25, -0.2) is 8.78 Å². The van der Waals surface area contributed by atoms with Crippen LogP contribution in [0.1, 0.15) is 25.7 Å². The highest BCUT2D eigenvalue weighted by atomic mass is 19.3. The zero-order chi connectivity index (χ0) is 9.84. The summed E-state index contributed by atoms with van der Waals surface area (Å²) < 4.78 is 24.0. The van der Waals surface area contributed by atoms with Crippen LogP contribution < -0.4 is 0 Å². The molecule has 0 aromatic heterocycles. The second-order valence-electron chi connectivity index (χ2n) is 3.56. The van der Waals surface area contributed by atoms with Gasteiger partial charge in [0.2, 0.25) is 0 Å². The van der Waals surface area contributed by atoms with E-state index in [1.54, 1.807) is 7.05 Å². The van der Waals surface area contributed by atoms with Crippen molar-refractivity contribution in [1.82, 2.24) is 4.90 Å². The first-order chi connectivity index (χ1) is 6.11. The van der Waals surface area contributed by atoms with Crippen LogP contribution in [0.3, 0.4) is 0 Å². The van der Waals surface area contributed by atoms with Gasteiger partial charge in [0, 0.05) is 6.42 Å². The van der Waals surface area contributed by atoms with Crippen molar-refractivity contribution < 1.29 is 13.6 Å². The van der Waals surface area contributed by atoms with Crippen LogP contribution in [0.15, 0.2) is 0 Å². The molecule has 0 bridgehead atoms. The summed E-state index contributed by atoms with van der Waals surface area (Å²) in [6.07, 6.45) is 0.835. The normalized spacial score (nSPS) is 24.4. The maximum Gasteiger partial charge on any atom is 0.251 e. The van der Waals surface area contributed by atoms with Crippen molar-refractivity contribution in [3.8, 4) is 0 Å². The molecule has 0 aliphatic heterocycles. The second kappa shape index (κ2) is 4.65. The Labute approximate surface area is 76.9 Å². The molecule has 0 radical (unpaired) electrons. The number of nitrogens with zero attached hydrogens (tertiary/aromatic N) is 1. The third-order valence-electron chi connectivity index (χ3n) is 2.48. The van der Waals surface area contributed by atoms with Gasteiger partial charge in [-0.2, -0.15) is 0 Å². The van der Waals surface area contributed by atoms with E-state index in [1.807, 2.05) is 0 Å². The fourth-order valence-corrected chi connectivity index (χ4v) is 1.78. The Morgan fingerprint density at radius 1 is 1.54 bits per heavy atom. The van der Waals surface area contributed by atoms with Gasteiger partial charge in [-0.15, -0.1) is 0 Å². The van der Waals surface area contributed by atoms with Crippen molar-refractivity contribution in [2.75, 3.05) is 13.6 Å². The molecule has 0 N–H and O–H groups in total. The van der Waals surface area contributed by atoms with Crippen molar-refractivity contribution in [3.05, 3.63) is 0 Å². The number of hydrogen-bond acceptors (Lipinski definition) is 2. The molecular formula is C9H15F2NO. The van der Waals surface area contributed by atoms with Crippen molar-refractivity contribution in [3.63, 3.8) is 0 Å². The molecule has 0 heterocycles. The first-order valence-electron chi connectivity index (χ1n) is 4.62. The minimum Gasteiger partial charge on any atom is -0.298 e. The van der Waals surface area contributed by atoms with E-state index in [0.29, 0.717) is 6.42 Å². The topological polar surface area (TPSA) is 20.3 Å². The smallest absolute Gasteiger partial charge is 0.251 e. The number of Topliss-reactive ketones (excluding diaryl/α,β-unsaturated/α-hetero) is 1. The predicted octanol–water partition coefficient (Wildman–Crippen LogP) is 1.70. The summed E-state index contributed by atoms with van der Waals surface area (Å²) in [7, 11) is 1.60. The van der Waals surface area contributed by atoms with Gasteiger partial charge in [-0.3, -0.25) is 9.69 Å². The second-order valence-corrected chi connectivity index (χ2v) is 3.56. The first kappa shape index (κ1) is 10.6. The van der Waals surface area contributed by atoms with Gasteiger partial charge in [0.1, 0.15) is 5.78 Å². The maximum atomic E-state index is 12.0. The molecule has 1 aliphatic carbocycles. The van der Waals surface area contributed by atoms with Gasteiger partial charge < -0.3 is 0 Å². The Balaban J connectivity index is 2.43. The van der Waals surface area contributed by atoms with Crippen molar-refractivity contribution in [1.29, 1.82) is 0 Å². The van der Waals surface area contributed by atoms with Crippen molar-refractivity contribution in [2.45, 2.75) is 38.2 Å². The van der Waals surface area contributed by atoms with E-state index in [4.69, 9.17) is 0 Å². The van der Waals surface area contributed by atoms with Crippen LogP contribution in [0.5, 0.6) is 0 Å². The molecule has 76 valence electrons. The third-order valence-corrected chi connectivity index (χ3v) is 2.48. The molecule has 13 heavy (non-hydrogen) atoms. The lowest BCUT2D eigenvalue weighted by atomic mass is 9.93. The molecule has 1 aliphatic rings. The molecule has 2 nitrogen and oxygen atoms in total. The molecule has 0 saturated heterocycles. The van der Waals surface area contributed by atoms with E-state index in [0.717, 1.165) is 19.3 Å². The van der Waals surface area contributed by atoms with Crippen molar-refractivity contribution >= 4 is 5.78 Å². The Hall–Kier alpha value is -0.510. The lowest BCUT2D eigenvalue weighted by molar-refractivity contribution is -0.126. The van der Waals surface area contributed by atoms with E-state index in [-0.39, 0.29) is 18.4 Å². The number of carbonyl (C=O) groups is 1. The van der Waals surface area contributed by atoms with E-state index < -0.39 is 6.43 Å². The van der Waals surface area contributed by atoms with Crippen molar-refractivity contribution in [2.24, 2.45) is 0 Å². The molecule has 4 heteroatoms. The number of hydrogen-bond donors (Lipinski definition) is 0. The Kier molecular flexibility index (Phi) is 3.78. The number of rotatable bonds is 3. The number of alkyl halides is 2. The van der Waals surface area contributed by atoms with Crippen LogP contribution in [-0.2, 0) is 4.79 Å². The lowest BCUT2D eigenvalue weighted by Gasteiger charge is -2.29. The molecule has 1 unspecified atom stereocenters. The summed E-state index contributed by atoms with van der Waals surface area (Å²) in [5.41, 5.74) is 0. The van der Waals surface area contributed by atoms with Gasteiger partial charge in [0.15, 0.2) is 0 Å². The highest BCUT2D eigenvalue weighted by Gasteiger charge is 2.27. The standard InChI is InChI=1S/C9H15F2NO/c1-12(6-9(10)11)7-4-2-3-5-8(7)13/h7,9H,2-6H2,1H3. The SMILES string of the molecule is CN(CC(F)F)C1CCCCC1=O. The summed E-state index contributed by atoms with van der Waals surface area (Å²) in [6, 6.07) is -0.261. The molecule has 0 amide bonds. The van der Waals surface area contributed by atoms with Gasteiger partial charge in [-0.05, 0) is 19.9 Å². The quantitative estimate of drug-likeness (QED) is 0.676. The fraction of sp³-hybridized carbons (Fsp3) is 0.889. The maximum absolute atomic E-state index is 12.0. The predicted molar refractivity (Wildman–Crippen MR) is 45.9 cm³/mol. The largest absolute Gasteiger partial charge is 0.298 e. The molecule has 1 atom stereocenters. The summed E-state index contributed by atoms with van der Waals surface area (Å²) in [4.78, 5) is 12.8. The number of ketones is 1. The van der Waals surface area contributed by atoms with Gasteiger partial charge in [0.25, 0.3) is 6.43 Å². The average molecular weight is 191 g/mol. The molecule has 0 aromatic rings. The van der Waals surface area contributed by atoms with E-state index in [1.165, 1.54) is 4.90 Å². The van der Waals surface area contributed by atoms with Gasteiger partial charge in [-0.1, -0.05) is 6.42 Å². The minimum atomic E-state index is -2.35. The van der Waals surface area contributed by atoms with Crippen LogP contribution >= 0.6 is 0 Å². The van der Waals surface area contributed by atoms with Crippen LogP contribution in [0.25, 0.3) is 0 Å². The van der Waals surface area contributed by atoms with E-state index in [2.05, 4.69) is 0 Å². The summed E-state index contributed by atoms with van der Waals surface area (Å²) in [6.45, 7) is -0.295. The fourth-order valence-electron chi connectivity index (χ4n) is 1.78. The Morgan fingerprint density at radius 3 is 2.77 bits per heavy atom. The summed E-state index contributed by atoms with van der Waals surface area (Å²) in [5, 5.41) is 0. The average Bonchev–Trinajstić information content (AvgIpc) is 2.03. The van der Waals surface area contributed by atoms with Gasteiger partial charge >= 0.3 is 0 Å². The first-order valence-corrected chi connectivity index (χ1v) is 4.62. The Morgan fingerprint density at radius 2 is 2.23 bits per heavy atom. The molecule has 1 rings (SSSR count). The zero-order valence-corrected chi connectivity index (χ0v) is 7.80. The lowest BCUT2D eigenvalue weighted by Crippen LogP contribution is -2.42. The van der Waals surface area contributed by atoms with E-state index in [9.17, 15) is 13.6 Å². The highest BCUT2D eigenvalue weighted by molar-refractivity contribution is 5.84. The van der Waals surface area contributed by atoms with Crippen LogP contribution in [0.4, 0.5) is 8.78 Å². The molecule has 0 spiro atoms. The third kappa shape index (κ3) is 3.03. The van der Waals surface area contributed by atoms with Crippen LogP contribution in [-0.4, -0.2) is 36.7 Å².